The molecule has 1 heterocycles. The quantitative estimate of drug-likeness (QED) is 0.140. The van der Waals surface area contributed by atoms with Crippen molar-refractivity contribution in [2.45, 2.75) is 62.9 Å². The van der Waals surface area contributed by atoms with Gasteiger partial charge in [0.25, 0.3) is 0 Å². The van der Waals surface area contributed by atoms with Gasteiger partial charge in [0.1, 0.15) is 17.2 Å². The van der Waals surface area contributed by atoms with E-state index < -0.39 is 11.9 Å². The fourth-order valence-corrected chi connectivity index (χ4v) is 5.17. The number of pyridine rings is 1. The Morgan fingerprint density at radius 1 is 0.878 bits per heavy atom. The number of carboxylic acid groups (broad SMARTS) is 2. The number of hydrogen-bond donors (Lipinski definition) is 2. The van der Waals surface area contributed by atoms with Crippen LogP contribution in [-0.2, 0) is 22.7 Å². The third-order valence-corrected chi connectivity index (χ3v) is 7.52. The molecule has 218 valence electrons. The number of methoxy groups -OCH3 is 1. The number of carbonyl (C=O) groups is 2. The average Bonchev–Trinajstić information content (AvgIpc) is 2.97. The van der Waals surface area contributed by atoms with E-state index in [4.69, 9.17) is 19.6 Å². The van der Waals surface area contributed by atoms with E-state index >= 15 is 0 Å². The van der Waals surface area contributed by atoms with Crippen LogP contribution in [0.3, 0.4) is 0 Å². The summed E-state index contributed by atoms with van der Waals surface area (Å²) in [5.41, 5.74) is 4.03. The second-order valence-corrected chi connectivity index (χ2v) is 10.7. The Hall–Kier alpha value is -3.78. The van der Waals surface area contributed by atoms with Crippen LogP contribution in [0.2, 0.25) is 0 Å². The number of rotatable bonds is 19. The molecule has 0 aliphatic carbocycles. The Labute approximate surface area is 246 Å². The molecule has 1 aromatic heterocycles. The van der Waals surface area contributed by atoms with E-state index in [2.05, 4.69) is 12.1 Å². The summed E-state index contributed by atoms with van der Waals surface area (Å²) in [7, 11) is 1.68. The predicted molar refractivity (Wildman–Crippen MR) is 164 cm³/mol. The van der Waals surface area contributed by atoms with Gasteiger partial charge >= 0.3 is 11.9 Å². The van der Waals surface area contributed by atoms with Gasteiger partial charge in [-0.2, -0.15) is 11.8 Å². The number of aliphatic carboxylic acids is 1. The lowest BCUT2D eigenvalue weighted by Gasteiger charge is -2.11. The van der Waals surface area contributed by atoms with Crippen molar-refractivity contribution in [3.8, 4) is 11.5 Å². The summed E-state index contributed by atoms with van der Waals surface area (Å²) in [5.74, 6) is 0.996. The highest BCUT2D eigenvalue weighted by Gasteiger charge is 2.08. The zero-order valence-corrected chi connectivity index (χ0v) is 24.4. The first-order chi connectivity index (χ1) is 19.9. The minimum Gasteiger partial charge on any atom is -0.497 e. The first-order valence-electron chi connectivity index (χ1n) is 14.0. The predicted octanol–water partition coefficient (Wildman–Crippen LogP) is 7.67. The molecule has 3 rings (SSSR count). The van der Waals surface area contributed by atoms with Gasteiger partial charge in [0.15, 0.2) is 0 Å². The number of benzene rings is 2. The number of unbranched alkanes of at least 4 members (excludes halogenated alkanes) is 5. The molecule has 8 heteroatoms. The molecule has 3 aromatic rings. The van der Waals surface area contributed by atoms with Crippen molar-refractivity contribution in [2.24, 2.45) is 0 Å². The van der Waals surface area contributed by atoms with E-state index in [-0.39, 0.29) is 12.0 Å². The lowest BCUT2D eigenvalue weighted by Crippen LogP contribution is -2.02. The molecule has 0 fully saturated rings. The molecule has 2 aromatic carbocycles. The van der Waals surface area contributed by atoms with E-state index in [1.807, 2.05) is 30.3 Å². The van der Waals surface area contributed by atoms with Gasteiger partial charge in [-0.05, 0) is 72.9 Å². The summed E-state index contributed by atoms with van der Waals surface area (Å²) >= 11 is 1.64. The normalized spacial score (nSPS) is 11.0. The number of thioether (sulfide) groups is 1. The van der Waals surface area contributed by atoms with Crippen LogP contribution in [0.25, 0.3) is 6.08 Å². The first-order valence-corrected chi connectivity index (χ1v) is 15.1. The molecular weight excluding hydrogens is 538 g/mol. The highest BCUT2D eigenvalue weighted by atomic mass is 32.2. The summed E-state index contributed by atoms with van der Waals surface area (Å²) in [4.78, 5) is 26.9. The molecule has 0 radical (unpaired) electrons. The van der Waals surface area contributed by atoms with Crippen LogP contribution < -0.4 is 9.47 Å². The molecule has 0 bridgehead atoms. The van der Waals surface area contributed by atoms with E-state index in [1.54, 1.807) is 49.2 Å². The van der Waals surface area contributed by atoms with E-state index in [9.17, 15) is 14.7 Å². The van der Waals surface area contributed by atoms with Crippen LogP contribution >= 0.6 is 11.8 Å². The molecule has 0 amide bonds. The molecule has 41 heavy (non-hydrogen) atoms. The van der Waals surface area contributed by atoms with Gasteiger partial charge in [0, 0.05) is 11.5 Å². The van der Waals surface area contributed by atoms with Gasteiger partial charge in [-0.3, -0.25) is 4.79 Å². The number of hydrogen-bond acceptors (Lipinski definition) is 6. The third kappa shape index (κ3) is 12.1. The number of aryl methyl sites for hydroxylation is 1. The maximum absolute atomic E-state index is 11.2. The molecule has 0 saturated heterocycles. The lowest BCUT2D eigenvalue weighted by molar-refractivity contribution is -0.135. The van der Waals surface area contributed by atoms with Crippen molar-refractivity contribution in [2.75, 3.05) is 13.7 Å². The second-order valence-electron chi connectivity index (χ2n) is 9.75. The SMILES string of the molecule is COc1ccc(CCCCCCCCOc2ccc(CSCc3cccc(C(=O)O)c3)nc2C=CCC(=O)O)cc1. The number of ether oxygens (including phenoxy) is 2. The maximum Gasteiger partial charge on any atom is 0.335 e. The Kier molecular flexibility index (Phi) is 13.8. The van der Waals surface area contributed by atoms with Crippen LogP contribution in [-0.4, -0.2) is 40.9 Å². The minimum atomic E-state index is -0.937. The van der Waals surface area contributed by atoms with Gasteiger partial charge in [-0.15, -0.1) is 0 Å². The smallest absolute Gasteiger partial charge is 0.335 e. The summed E-state index contributed by atoms with van der Waals surface area (Å²) in [6, 6.07) is 19.0. The van der Waals surface area contributed by atoms with Crippen molar-refractivity contribution in [1.82, 2.24) is 4.98 Å². The third-order valence-electron chi connectivity index (χ3n) is 6.48. The highest BCUT2D eigenvalue weighted by molar-refractivity contribution is 7.97. The maximum atomic E-state index is 11.2. The minimum absolute atomic E-state index is 0.0848. The highest BCUT2D eigenvalue weighted by Crippen LogP contribution is 2.24. The Bertz CT molecular complexity index is 1270. The van der Waals surface area contributed by atoms with Crippen molar-refractivity contribution in [3.05, 3.63) is 94.8 Å². The number of aromatic nitrogens is 1. The monoisotopic (exact) mass is 577 g/mol. The Morgan fingerprint density at radius 2 is 1.63 bits per heavy atom. The van der Waals surface area contributed by atoms with Crippen LogP contribution in [0.5, 0.6) is 11.5 Å². The van der Waals surface area contributed by atoms with E-state index in [0.717, 1.165) is 36.3 Å². The molecule has 0 saturated carbocycles. The number of nitrogens with zero attached hydrogens (tertiary/aromatic N) is 1. The second kappa shape index (κ2) is 17.8. The molecule has 0 spiro atoms. The van der Waals surface area contributed by atoms with Gasteiger partial charge in [0.05, 0.1) is 31.4 Å². The average molecular weight is 578 g/mol. The lowest BCUT2D eigenvalue weighted by atomic mass is 10.0. The number of carboxylic acids is 2. The summed E-state index contributed by atoms with van der Waals surface area (Å²) in [6.07, 6.45) is 11.1. The van der Waals surface area contributed by atoms with Crippen LogP contribution in [0.4, 0.5) is 0 Å². The molecule has 0 aliphatic rings. The molecule has 0 unspecified atom stereocenters. The first kappa shape index (κ1) is 31.7. The molecule has 0 aliphatic heterocycles. The Morgan fingerprint density at radius 3 is 2.37 bits per heavy atom. The summed E-state index contributed by atoms with van der Waals surface area (Å²) in [6.45, 7) is 0.585. The Balaban J connectivity index is 1.40. The molecule has 2 N–H and O–H groups in total. The fourth-order valence-electron chi connectivity index (χ4n) is 4.28. The van der Waals surface area contributed by atoms with Crippen LogP contribution in [0.15, 0.2) is 66.7 Å². The van der Waals surface area contributed by atoms with E-state index in [0.29, 0.717) is 29.6 Å². The van der Waals surface area contributed by atoms with E-state index in [1.165, 1.54) is 31.2 Å². The van der Waals surface area contributed by atoms with Gasteiger partial charge in [0.2, 0.25) is 0 Å². The largest absolute Gasteiger partial charge is 0.497 e. The number of aromatic carboxylic acids is 1. The summed E-state index contributed by atoms with van der Waals surface area (Å²) in [5, 5.41) is 18.2. The van der Waals surface area contributed by atoms with Crippen LogP contribution in [0.1, 0.15) is 77.8 Å². The fraction of sp³-hybridized carbons (Fsp3) is 0.364. The standard InChI is InChI=1S/C33H39NO6S/c1-39-29-18-15-25(16-19-29)10-6-4-2-3-5-7-21-40-31-20-17-28(34-30(31)13-9-14-32(35)36)24-41-23-26-11-8-12-27(22-26)33(37)38/h8-9,11-13,15-20,22H,2-7,10,14,21,23-24H2,1H3,(H,35,36)(H,37,38). The van der Waals surface area contributed by atoms with Crippen molar-refractivity contribution in [1.29, 1.82) is 0 Å². The van der Waals surface area contributed by atoms with Gasteiger partial charge in [-0.1, -0.05) is 56.0 Å². The molecule has 7 nitrogen and oxygen atoms in total. The van der Waals surface area contributed by atoms with Gasteiger partial charge in [-0.25, -0.2) is 9.78 Å². The van der Waals surface area contributed by atoms with Gasteiger partial charge < -0.3 is 19.7 Å². The molecule has 0 atom stereocenters. The van der Waals surface area contributed by atoms with Crippen LogP contribution in [0, 0.1) is 0 Å². The topological polar surface area (TPSA) is 106 Å². The zero-order chi connectivity index (χ0) is 29.3. The van der Waals surface area contributed by atoms with Crippen molar-refractivity contribution < 1.29 is 29.3 Å². The zero-order valence-electron chi connectivity index (χ0n) is 23.6. The van der Waals surface area contributed by atoms with Crippen molar-refractivity contribution in [3.63, 3.8) is 0 Å². The summed E-state index contributed by atoms with van der Waals surface area (Å²) < 4.78 is 11.2. The molecular formula is C33H39NO6S. The van der Waals surface area contributed by atoms with Crippen molar-refractivity contribution >= 4 is 29.8 Å².